The van der Waals surface area contributed by atoms with Crippen LogP contribution in [-0.4, -0.2) is 23.0 Å². The summed E-state index contributed by atoms with van der Waals surface area (Å²) < 4.78 is 4.13. The van der Waals surface area contributed by atoms with Crippen LogP contribution in [0, 0.1) is 11.3 Å². The van der Waals surface area contributed by atoms with E-state index in [0.29, 0.717) is 0 Å². The van der Waals surface area contributed by atoms with Crippen LogP contribution in [0.5, 0.6) is 0 Å². The van der Waals surface area contributed by atoms with E-state index in [2.05, 4.69) is 14.7 Å². The molecule has 0 spiro atoms. The minimum Gasteiger partial charge on any atom is -0.468 e. The molecule has 0 saturated heterocycles. The van der Waals surface area contributed by atoms with Crippen molar-refractivity contribution in [3.8, 4) is 6.07 Å². The maximum Gasteiger partial charge on any atom is 0.319 e. The fraction of sp³-hybridized carbons (Fsp3) is 0.250. The van der Waals surface area contributed by atoms with E-state index in [1.54, 1.807) is 6.07 Å². The average Bonchev–Trinajstić information content (AvgIpc) is 2.27. The largest absolute Gasteiger partial charge is 0.468 e. The van der Waals surface area contributed by atoms with E-state index >= 15 is 0 Å². The molecule has 92 valence electrons. The van der Waals surface area contributed by atoms with Crippen LogP contribution in [-0.2, 0) is 9.53 Å². The van der Waals surface area contributed by atoms with Crippen molar-refractivity contribution in [2.24, 2.45) is 0 Å². The van der Waals surface area contributed by atoms with Gasteiger partial charge in [-0.1, -0.05) is 0 Å². The molecule has 1 aromatic rings. The summed E-state index contributed by atoms with van der Waals surface area (Å²) in [6.45, 7) is 0. The number of carbonyl (C=O) groups excluding carboxylic acids is 1. The zero-order valence-corrected chi connectivity index (χ0v) is 9.06. The number of nitrogens with one attached hydrogen (secondary N) is 1. The second-order valence-corrected chi connectivity index (χ2v) is 2.66. The van der Waals surface area contributed by atoms with Crippen molar-refractivity contribution in [3.05, 3.63) is 10.4 Å². The summed E-state index contributed by atoms with van der Waals surface area (Å²) in [7, 11) is 1.25. The minimum atomic E-state index is -0.509. The quantitative estimate of drug-likeness (QED) is 0.433. The third-order valence-electron chi connectivity index (χ3n) is 1.45. The lowest BCUT2D eigenvalue weighted by atomic mass is 10.5. The number of hydrogen-bond donors (Lipinski definition) is 4. The molecular formula is C8H12N6O3. The predicted molar refractivity (Wildman–Crippen MR) is 60.3 cm³/mol. The number of nitrogens with two attached hydrogens (primary N) is 3. The Hall–Kier alpha value is -2.76. The monoisotopic (exact) mass is 240 g/mol. The van der Waals surface area contributed by atoms with Crippen molar-refractivity contribution in [1.29, 1.82) is 5.26 Å². The van der Waals surface area contributed by atoms with Gasteiger partial charge >= 0.3 is 5.97 Å². The summed E-state index contributed by atoms with van der Waals surface area (Å²) in [5, 5.41) is 7.82. The second kappa shape index (κ2) is 6.67. The summed E-state index contributed by atoms with van der Waals surface area (Å²) in [6.07, 6.45) is -0.156. The van der Waals surface area contributed by atoms with Crippen LogP contribution in [0.25, 0.3) is 0 Å². The first-order valence-corrected chi connectivity index (χ1v) is 4.26. The van der Waals surface area contributed by atoms with Crippen LogP contribution in [0.4, 0.5) is 17.5 Å². The summed E-state index contributed by atoms with van der Waals surface area (Å²) in [5.41, 5.74) is 14.9. The number of hydrogen-bond acceptors (Lipinski definition) is 8. The third kappa shape index (κ3) is 5.03. The Balaban J connectivity index is 0.000000325. The molecule has 0 saturated carbocycles. The van der Waals surface area contributed by atoms with Crippen LogP contribution < -0.4 is 22.8 Å². The van der Waals surface area contributed by atoms with Gasteiger partial charge in [0, 0.05) is 0 Å². The Morgan fingerprint density at radius 3 is 2.47 bits per heavy atom. The molecule has 0 atom stereocenters. The van der Waals surface area contributed by atoms with Crippen molar-refractivity contribution < 1.29 is 9.53 Å². The zero-order chi connectivity index (χ0) is 13.4. The van der Waals surface area contributed by atoms with Gasteiger partial charge < -0.3 is 21.9 Å². The topological polar surface area (TPSA) is 174 Å². The SMILES string of the molecule is COC(=O)CC#N.Nc1nc(N)c(N)c(=O)[nH]1. The van der Waals surface area contributed by atoms with E-state index in [-0.39, 0.29) is 23.9 Å². The lowest BCUT2D eigenvalue weighted by Crippen LogP contribution is -2.17. The number of nitriles is 1. The Bertz CT molecular complexity index is 489. The molecule has 0 amide bonds. The number of nitrogen functional groups attached to an aromatic ring is 3. The molecule has 1 heterocycles. The summed E-state index contributed by atoms with van der Waals surface area (Å²) in [5.74, 6) is -0.555. The molecule has 0 aromatic carbocycles. The predicted octanol–water partition coefficient (Wildman–Crippen LogP) is -1.41. The highest BCUT2D eigenvalue weighted by Crippen LogP contribution is 2.02. The van der Waals surface area contributed by atoms with Gasteiger partial charge in [-0.05, 0) is 0 Å². The molecule has 0 fully saturated rings. The first-order valence-electron chi connectivity index (χ1n) is 4.26. The van der Waals surface area contributed by atoms with Crippen molar-refractivity contribution in [3.63, 3.8) is 0 Å². The van der Waals surface area contributed by atoms with Crippen LogP contribution in [0.2, 0.25) is 0 Å². The van der Waals surface area contributed by atoms with Gasteiger partial charge in [-0.2, -0.15) is 10.2 Å². The Kier molecular flexibility index (Phi) is 5.59. The minimum absolute atomic E-state index is 0.0308. The molecule has 0 aliphatic heterocycles. The van der Waals surface area contributed by atoms with Gasteiger partial charge in [-0.3, -0.25) is 14.6 Å². The van der Waals surface area contributed by atoms with E-state index in [9.17, 15) is 9.59 Å². The maximum atomic E-state index is 10.7. The lowest BCUT2D eigenvalue weighted by molar-refractivity contribution is -0.139. The average molecular weight is 240 g/mol. The molecule has 1 aromatic heterocycles. The van der Waals surface area contributed by atoms with Crippen molar-refractivity contribution >= 4 is 23.4 Å². The van der Waals surface area contributed by atoms with E-state index in [1.807, 2.05) is 0 Å². The van der Waals surface area contributed by atoms with Gasteiger partial charge in [-0.15, -0.1) is 0 Å². The number of carbonyl (C=O) groups is 1. The molecule has 7 N–H and O–H groups in total. The standard InChI is InChI=1S/C4H7N5O.C4H5NO2/c5-1-2(6)8-4(7)9-3(1)10;1-7-4(6)2-3-5/h5H2,(H5,6,7,8,9,10);2H2,1H3. The molecular weight excluding hydrogens is 228 g/mol. The van der Waals surface area contributed by atoms with E-state index in [1.165, 1.54) is 7.11 Å². The number of nitrogens with zero attached hydrogens (tertiary/aromatic N) is 2. The Morgan fingerprint density at radius 1 is 1.53 bits per heavy atom. The highest BCUT2D eigenvalue weighted by atomic mass is 16.5. The number of anilines is 3. The first-order chi connectivity index (χ1) is 7.92. The van der Waals surface area contributed by atoms with Crippen molar-refractivity contribution in [2.75, 3.05) is 24.3 Å². The molecule has 0 radical (unpaired) electrons. The van der Waals surface area contributed by atoms with Gasteiger partial charge in [0.05, 0.1) is 13.2 Å². The zero-order valence-electron chi connectivity index (χ0n) is 9.06. The van der Waals surface area contributed by atoms with E-state index in [0.717, 1.165) is 0 Å². The van der Waals surface area contributed by atoms with Gasteiger partial charge in [0.2, 0.25) is 5.95 Å². The Labute approximate surface area is 96.2 Å². The summed E-state index contributed by atoms with van der Waals surface area (Å²) in [4.78, 5) is 26.3. The normalized spacial score (nSPS) is 8.47. The fourth-order valence-corrected chi connectivity index (χ4v) is 0.655. The highest BCUT2D eigenvalue weighted by Gasteiger charge is 2.00. The lowest BCUT2D eigenvalue weighted by Gasteiger charge is -1.96. The van der Waals surface area contributed by atoms with Crippen molar-refractivity contribution in [1.82, 2.24) is 9.97 Å². The number of aromatic amines is 1. The molecule has 9 nitrogen and oxygen atoms in total. The number of H-pyrrole nitrogens is 1. The number of esters is 1. The summed E-state index contributed by atoms with van der Waals surface area (Å²) >= 11 is 0. The summed E-state index contributed by atoms with van der Waals surface area (Å²) in [6, 6.07) is 1.64. The van der Waals surface area contributed by atoms with Crippen LogP contribution in [0.15, 0.2) is 4.79 Å². The molecule has 17 heavy (non-hydrogen) atoms. The van der Waals surface area contributed by atoms with Crippen LogP contribution in [0.1, 0.15) is 6.42 Å². The molecule has 0 unspecified atom stereocenters. The van der Waals surface area contributed by atoms with Crippen LogP contribution >= 0.6 is 0 Å². The van der Waals surface area contributed by atoms with Gasteiger partial charge in [0.25, 0.3) is 5.56 Å². The molecule has 0 aliphatic carbocycles. The number of methoxy groups -OCH3 is 1. The van der Waals surface area contributed by atoms with Gasteiger partial charge in [-0.25, -0.2) is 0 Å². The fourth-order valence-electron chi connectivity index (χ4n) is 0.655. The highest BCUT2D eigenvalue weighted by molar-refractivity contribution is 5.71. The molecule has 1 rings (SSSR count). The molecule has 0 bridgehead atoms. The number of ether oxygens (including phenoxy) is 1. The number of aromatic nitrogens is 2. The molecule has 0 aliphatic rings. The molecule has 9 heteroatoms. The second-order valence-electron chi connectivity index (χ2n) is 2.66. The number of rotatable bonds is 1. The van der Waals surface area contributed by atoms with Crippen LogP contribution in [0.3, 0.4) is 0 Å². The Morgan fingerprint density at radius 2 is 2.12 bits per heavy atom. The van der Waals surface area contributed by atoms with Gasteiger partial charge in [0.1, 0.15) is 12.1 Å². The maximum absolute atomic E-state index is 10.7. The third-order valence-corrected chi connectivity index (χ3v) is 1.45. The van der Waals surface area contributed by atoms with Gasteiger partial charge in [0.15, 0.2) is 5.82 Å². The van der Waals surface area contributed by atoms with E-state index in [4.69, 9.17) is 22.5 Å². The smallest absolute Gasteiger partial charge is 0.319 e. The van der Waals surface area contributed by atoms with Crippen molar-refractivity contribution in [2.45, 2.75) is 6.42 Å². The first kappa shape index (κ1) is 14.2. The van der Waals surface area contributed by atoms with E-state index < -0.39 is 11.5 Å².